The van der Waals surface area contributed by atoms with Crippen LogP contribution in [0.5, 0.6) is 5.75 Å². The second kappa shape index (κ2) is 10.6. The van der Waals surface area contributed by atoms with E-state index in [4.69, 9.17) is 9.97 Å². The molecule has 4 heteroatoms. The largest absolute Gasteiger partial charge is 0.506 e. The first-order valence-electron chi connectivity index (χ1n) is 15.8. The van der Waals surface area contributed by atoms with Gasteiger partial charge < -0.3 is 5.11 Å². The molecule has 0 spiro atoms. The van der Waals surface area contributed by atoms with Crippen molar-refractivity contribution in [2.45, 2.75) is 59.8 Å². The lowest BCUT2D eigenvalue weighted by Crippen LogP contribution is -2.31. The summed E-state index contributed by atoms with van der Waals surface area (Å²) in [5.74, 6) is 1.35. The number of phenols is 1. The van der Waals surface area contributed by atoms with Gasteiger partial charge in [-0.2, -0.15) is 0 Å². The van der Waals surface area contributed by atoms with Crippen LogP contribution in [-0.2, 0) is 5.41 Å². The van der Waals surface area contributed by atoms with Gasteiger partial charge in [-0.3, -0.25) is 4.90 Å². The molecule has 1 aliphatic heterocycles. The van der Waals surface area contributed by atoms with E-state index in [-0.39, 0.29) is 17.1 Å². The molecule has 1 aliphatic rings. The fourth-order valence-electron chi connectivity index (χ4n) is 7.34. The summed E-state index contributed by atoms with van der Waals surface area (Å²) in [7, 11) is 0. The number of rotatable bonds is 4. The maximum Gasteiger partial charge on any atom is 0.141 e. The number of hydrogen-bond acceptors (Lipinski definition) is 4. The lowest BCUT2D eigenvalue weighted by molar-refractivity contribution is 0.480. The number of benzene rings is 4. The third kappa shape index (κ3) is 4.67. The van der Waals surface area contributed by atoms with E-state index in [1.807, 2.05) is 18.3 Å². The van der Waals surface area contributed by atoms with Gasteiger partial charge in [-0.05, 0) is 102 Å². The summed E-state index contributed by atoms with van der Waals surface area (Å²) < 4.78 is 0. The quantitative estimate of drug-likeness (QED) is 0.222. The second-order valence-electron chi connectivity index (χ2n) is 13.3. The van der Waals surface area contributed by atoms with Gasteiger partial charge in [-0.15, -0.1) is 0 Å². The first-order valence-corrected chi connectivity index (χ1v) is 15.8. The zero-order valence-corrected chi connectivity index (χ0v) is 27.1. The maximum absolute atomic E-state index is 10.8. The van der Waals surface area contributed by atoms with Gasteiger partial charge in [0.15, 0.2) is 0 Å². The summed E-state index contributed by atoms with van der Waals surface area (Å²) in [6.07, 6.45) is 1.93. The number of nitrogens with zero attached hydrogens (tertiary/aromatic N) is 3. The molecule has 0 aliphatic carbocycles. The number of aromatic nitrogens is 2. The van der Waals surface area contributed by atoms with Gasteiger partial charge in [-0.25, -0.2) is 9.97 Å². The highest BCUT2D eigenvalue weighted by Gasteiger charge is 2.37. The lowest BCUT2D eigenvalue weighted by atomic mass is 9.73. The number of fused-ring (bicyclic) bond motifs is 3. The van der Waals surface area contributed by atoms with Crippen molar-refractivity contribution >= 4 is 28.1 Å². The van der Waals surface area contributed by atoms with Crippen molar-refractivity contribution in [2.75, 3.05) is 4.90 Å². The fraction of sp³-hybridized carbons (Fsp3) is 0.220. The molecule has 4 aromatic carbocycles. The molecule has 0 bridgehead atoms. The van der Waals surface area contributed by atoms with Crippen LogP contribution in [0.1, 0.15) is 67.0 Å². The Morgan fingerprint density at radius 3 is 2.22 bits per heavy atom. The Morgan fingerprint density at radius 1 is 0.733 bits per heavy atom. The topological polar surface area (TPSA) is 49.2 Å². The molecule has 45 heavy (non-hydrogen) atoms. The number of anilines is 3. The first kappa shape index (κ1) is 28.8. The summed E-state index contributed by atoms with van der Waals surface area (Å²) in [5, 5.41) is 11.8. The molecule has 1 N–H and O–H groups in total. The minimum absolute atomic E-state index is 0.202. The predicted molar refractivity (Wildman–Crippen MR) is 187 cm³/mol. The molecular weight excluding hydrogens is 550 g/mol. The normalized spacial score (nSPS) is 13.6. The Morgan fingerprint density at radius 2 is 1.47 bits per heavy atom. The van der Waals surface area contributed by atoms with Crippen molar-refractivity contribution in [2.24, 2.45) is 0 Å². The Balaban J connectivity index is 1.46. The minimum atomic E-state index is -0.221. The zero-order chi connectivity index (χ0) is 31.6. The standard InChI is InChI=1S/C41H39N3O/c1-24(2)31-23-34(43-40-30(31)11-10-14-37(40)45)28-15-16-33-36(21-28)44(35-13-9-8-12-32(35)41(33,6)7)38-22-29(17-18-42-38)39-26(4)19-25(3)20-27(39)5/h8-24,45H,1-7H3. The van der Waals surface area contributed by atoms with Gasteiger partial charge in [0.1, 0.15) is 17.1 Å². The monoisotopic (exact) mass is 589 g/mol. The summed E-state index contributed by atoms with van der Waals surface area (Å²) >= 11 is 0. The van der Waals surface area contributed by atoms with E-state index < -0.39 is 0 Å². The van der Waals surface area contributed by atoms with Crippen molar-refractivity contribution in [1.29, 1.82) is 0 Å². The van der Waals surface area contributed by atoms with Crippen LogP contribution in [0.25, 0.3) is 33.3 Å². The van der Waals surface area contributed by atoms with Crippen LogP contribution in [0.15, 0.2) is 97.2 Å². The zero-order valence-electron chi connectivity index (χ0n) is 27.1. The molecule has 0 amide bonds. The third-order valence-corrected chi connectivity index (χ3v) is 9.44. The van der Waals surface area contributed by atoms with Crippen LogP contribution in [0.2, 0.25) is 0 Å². The number of aryl methyl sites for hydroxylation is 3. The average Bonchev–Trinajstić information content (AvgIpc) is 3.00. The molecule has 0 radical (unpaired) electrons. The van der Waals surface area contributed by atoms with Crippen molar-refractivity contribution in [3.8, 4) is 28.1 Å². The fourth-order valence-corrected chi connectivity index (χ4v) is 7.34. The highest BCUT2D eigenvalue weighted by atomic mass is 16.3. The molecule has 0 fully saturated rings. The van der Waals surface area contributed by atoms with Crippen LogP contribution < -0.4 is 4.90 Å². The van der Waals surface area contributed by atoms with Gasteiger partial charge in [0.25, 0.3) is 0 Å². The van der Waals surface area contributed by atoms with Crippen LogP contribution >= 0.6 is 0 Å². The van der Waals surface area contributed by atoms with Crippen molar-refractivity contribution in [3.05, 3.63) is 131 Å². The molecule has 2 aromatic heterocycles. The summed E-state index contributed by atoms with van der Waals surface area (Å²) in [6.45, 7) is 15.5. The molecule has 7 rings (SSSR count). The van der Waals surface area contributed by atoms with E-state index in [0.717, 1.165) is 39.4 Å². The third-order valence-electron chi connectivity index (χ3n) is 9.44. The predicted octanol–water partition coefficient (Wildman–Crippen LogP) is 10.8. The van der Waals surface area contributed by atoms with E-state index >= 15 is 0 Å². The number of aromatic hydroxyl groups is 1. The Labute approximate surface area is 266 Å². The van der Waals surface area contributed by atoms with Gasteiger partial charge in [0.2, 0.25) is 0 Å². The summed E-state index contributed by atoms with van der Waals surface area (Å²) in [5.41, 5.74) is 14.3. The average molecular weight is 590 g/mol. The van der Waals surface area contributed by atoms with Crippen LogP contribution in [0, 0.1) is 20.8 Å². The van der Waals surface area contributed by atoms with Gasteiger partial charge in [0.05, 0.1) is 17.1 Å². The Kier molecular flexibility index (Phi) is 6.77. The van der Waals surface area contributed by atoms with Crippen LogP contribution in [0.4, 0.5) is 17.2 Å². The van der Waals surface area contributed by atoms with Crippen molar-refractivity contribution in [3.63, 3.8) is 0 Å². The first-order chi connectivity index (χ1) is 21.5. The maximum atomic E-state index is 10.8. The summed E-state index contributed by atoms with van der Waals surface area (Å²) in [4.78, 5) is 12.3. The van der Waals surface area contributed by atoms with Crippen molar-refractivity contribution < 1.29 is 5.11 Å². The van der Waals surface area contributed by atoms with Gasteiger partial charge in [-0.1, -0.05) is 87.9 Å². The van der Waals surface area contributed by atoms with E-state index in [9.17, 15) is 5.11 Å². The smallest absolute Gasteiger partial charge is 0.141 e. The molecule has 4 nitrogen and oxygen atoms in total. The molecule has 6 aromatic rings. The Bertz CT molecular complexity index is 2100. The Hall–Kier alpha value is -4.96. The molecule has 3 heterocycles. The molecule has 0 saturated heterocycles. The molecular formula is C41H39N3O. The molecule has 0 saturated carbocycles. The lowest BCUT2D eigenvalue weighted by Gasteiger charge is -2.41. The molecule has 224 valence electrons. The highest BCUT2D eigenvalue weighted by molar-refractivity contribution is 5.92. The number of phenolic OH excluding ortho intramolecular Hbond substituents is 1. The number of hydrogen-bond donors (Lipinski definition) is 1. The highest BCUT2D eigenvalue weighted by Crippen LogP contribution is 2.52. The van der Waals surface area contributed by atoms with E-state index in [0.29, 0.717) is 5.52 Å². The number of pyridine rings is 2. The van der Waals surface area contributed by atoms with E-state index in [2.05, 4.69) is 126 Å². The second-order valence-corrected chi connectivity index (χ2v) is 13.3. The van der Waals surface area contributed by atoms with E-state index in [1.54, 1.807) is 6.07 Å². The van der Waals surface area contributed by atoms with Crippen molar-refractivity contribution in [1.82, 2.24) is 9.97 Å². The van der Waals surface area contributed by atoms with Gasteiger partial charge >= 0.3 is 0 Å². The number of para-hydroxylation sites is 2. The van der Waals surface area contributed by atoms with Gasteiger partial charge in [0, 0.05) is 22.6 Å². The minimum Gasteiger partial charge on any atom is -0.506 e. The summed E-state index contributed by atoms with van der Waals surface area (Å²) in [6, 6.07) is 32.0. The molecule has 0 unspecified atom stereocenters. The van der Waals surface area contributed by atoms with Crippen LogP contribution in [0.3, 0.4) is 0 Å². The SMILES string of the molecule is Cc1cc(C)c(-c2ccnc(N3c4ccccc4C(C)(C)c4ccc(-c5cc(C(C)C)c6cccc(O)c6n5)cc43)c2)c(C)c1. The van der Waals surface area contributed by atoms with E-state index in [1.165, 1.54) is 38.9 Å². The van der Waals surface area contributed by atoms with Crippen LogP contribution in [-0.4, -0.2) is 15.1 Å². The molecule has 0 atom stereocenters.